The average Bonchev–Trinajstić information content (AvgIpc) is 2.43. The van der Waals surface area contributed by atoms with E-state index in [9.17, 15) is 0 Å². The van der Waals surface area contributed by atoms with Gasteiger partial charge < -0.3 is 16.0 Å². The molecular weight excluding hydrogens is 222 g/mol. The number of para-hydroxylation sites is 1. The summed E-state index contributed by atoms with van der Waals surface area (Å²) in [4.78, 5) is 2.40. The van der Waals surface area contributed by atoms with E-state index in [2.05, 4.69) is 47.5 Å². The Morgan fingerprint density at radius 2 is 1.83 bits per heavy atom. The minimum Gasteiger partial charge on any atom is -0.371 e. The third-order valence-electron chi connectivity index (χ3n) is 3.12. The Kier molecular flexibility index (Phi) is 8.26. The number of benzene rings is 1. The Morgan fingerprint density at radius 1 is 1.06 bits per heavy atom. The number of nitrogens with zero attached hydrogens (tertiary/aromatic N) is 1. The van der Waals surface area contributed by atoms with E-state index in [1.165, 1.54) is 18.5 Å². The molecule has 0 spiro atoms. The maximum atomic E-state index is 5.46. The summed E-state index contributed by atoms with van der Waals surface area (Å²) in [6.45, 7) is 7.29. The first kappa shape index (κ1) is 15.0. The van der Waals surface area contributed by atoms with Crippen LogP contribution in [0.25, 0.3) is 0 Å². The van der Waals surface area contributed by atoms with E-state index in [1.54, 1.807) is 0 Å². The molecule has 0 amide bonds. The molecule has 3 N–H and O–H groups in total. The molecule has 0 aliphatic rings. The molecule has 1 rings (SSSR count). The van der Waals surface area contributed by atoms with E-state index in [4.69, 9.17) is 5.73 Å². The molecule has 0 fully saturated rings. The summed E-state index contributed by atoms with van der Waals surface area (Å²) in [6, 6.07) is 10.6. The van der Waals surface area contributed by atoms with Crippen molar-refractivity contribution >= 4 is 5.69 Å². The van der Waals surface area contributed by atoms with Gasteiger partial charge in [0.05, 0.1) is 0 Å². The summed E-state index contributed by atoms with van der Waals surface area (Å²) in [6.07, 6.45) is 3.61. The van der Waals surface area contributed by atoms with E-state index >= 15 is 0 Å². The molecule has 0 saturated carbocycles. The van der Waals surface area contributed by atoms with Gasteiger partial charge >= 0.3 is 0 Å². The second kappa shape index (κ2) is 9.92. The minimum absolute atomic E-state index is 0.817. The van der Waals surface area contributed by atoms with Crippen molar-refractivity contribution in [2.75, 3.05) is 37.6 Å². The lowest BCUT2D eigenvalue weighted by atomic mass is 10.2. The molecule has 1 aromatic rings. The van der Waals surface area contributed by atoms with Crippen molar-refractivity contribution in [1.29, 1.82) is 0 Å². The quantitative estimate of drug-likeness (QED) is 0.625. The fourth-order valence-electron chi connectivity index (χ4n) is 2.02. The van der Waals surface area contributed by atoms with Gasteiger partial charge in [-0.2, -0.15) is 0 Å². The van der Waals surface area contributed by atoms with Crippen LogP contribution < -0.4 is 16.0 Å². The van der Waals surface area contributed by atoms with Gasteiger partial charge in [0.15, 0.2) is 0 Å². The third-order valence-corrected chi connectivity index (χ3v) is 3.12. The van der Waals surface area contributed by atoms with Crippen LogP contribution in [0.1, 0.15) is 26.2 Å². The van der Waals surface area contributed by atoms with Gasteiger partial charge in [-0.15, -0.1) is 0 Å². The minimum atomic E-state index is 0.817. The predicted octanol–water partition coefficient (Wildman–Crippen LogP) is 2.23. The molecule has 3 nitrogen and oxygen atoms in total. The number of likely N-dealkylation sites (N-methyl/N-ethyl adjacent to an activating group) is 1. The Balaban J connectivity index is 2.13. The Hall–Kier alpha value is -1.06. The van der Waals surface area contributed by atoms with Crippen molar-refractivity contribution in [2.45, 2.75) is 26.2 Å². The summed E-state index contributed by atoms with van der Waals surface area (Å²) in [5, 5.41) is 3.50. The van der Waals surface area contributed by atoms with Crippen molar-refractivity contribution in [3.8, 4) is 0 Å². The van der Waals surface area contributed by atoms with Crippen LogP contribution in [0, 0.1) is 0 Å². The molecule has 0 aliphatic carbocycles. The monoisotopic (exact) mass is 249 g/mol. The summed E-state index contributed by atoms with van der Waals surface area (Å²) < 4.78 is 0. The van der Waals surface area contributed by atoms with Gasteiger partial charge in [0, 0.05) is 25.3 Å². The zero-order valence-electron chi connectivity index (χ0n) is 11.6. The smallest absolute Gasteiger partial charge is 0.0366 e. The van der Waals surface area contributed by atoms with Gasteiger partial charge in [0.2, 0.25) is 0 Å². The lowest BCUT2D eigenvalue weighted by molar-refractivity contribution is 0.601. The molecule has 18 heavy (non-hydrogen) atoms. The average molecular weight is 249 g/mol. The van der Waals surface area contributed by atoms with E-state index in [-0.39, 0.29) is 0 Å². The molecule has 0 aliphatic heterocycles. The van der Waals surface area contributed by atoms with E-state index in [0.717, 1.165) is 39.1 Å². The van der Waals surface area contributed by atoms with Crippen LogP contribution in [-0.4, -0.2) is 32.7 Å². The lowest BCUT2D eigenvalue weighted by Crippen LogP contribution is -2.32. The molecule has 1 aromatic carbocycles. The molecule has 0 bridgehead atoms. The van der Waals surface area contributed by atoms with Crippen LogP contribution in [0.5, 0.6) is 0 Å². The van der Waals surface area contributed by atoms with E-state index < -0.39 is 0 Å². The number of unbranched alkanes of at least 4 members (excludes halogenated alkanes) is 2. The highest BCUT2D eigenvalue weighted by molar-refractivity contribution is 5.45. The highest BCUT2D eigenvalue weighted by Crippen LogP contribution is 2.11. The molecule has 0 aromatic heterocycles. The zero-order valence-corrected chi connectivity index (χ0v) is 11.6. The first-order valence-corrected chi connectivity index (χ1v) is 7.09. The summed E-state index contributed by atoms with van der Waals surface area (Å²) >= 11 is 0. The van der Waals surface area contributed by atoms with Gasteiger partial charge in [-0.1, -0.05) is 24.6 Å². The van der Waals surface area contributed by atoms with Crippen molar-refractivity contribution in [3.05, 3.63) is 30.3 Å². The van der Waals surface area contributed by atoms with Gasteiger partial charge in [0.25, 0.3) is 0 Å². The fourth-order valence-corrected chi connectivity index (χ4v) is 2.02. The Morgan fingerprint density at radius 3 is 2.50 bits per heavy atom. The van der Waals surface area contributed by atoms with Crippen LogP contribution >= 0.6 is 0 Å². The lowest BCUT2D eigenvalue weighted by Gasteiger charge is -2.23. The van der Waals surface area contributed by atoms with Crippen molar-refractivity contribution in [3.63, 3.8) is 0 Å². The van der Waals surface area contributed by atoms with E-state index in [0.29, 0.717) is 0 Å². The van der Waals surface area contributed by atoms with E-state index in [1.807, 2.05) is 0 Å². The maximum Gasteiger partial charge on any atom is 0.0366 e. The molecule has 0 saturated heterocycles. The van der Waals surface area contributed by atoms with Crippen LogP contribution in [0.3, 0.4) is 0 Å². The molecule has 0 atom stereocenters. The largest absolute Gasteiger partial charge is 0.371 e. The third kappa shape index (κ3) is 6.03. The number of nitrogens with one attached hydrogen (secondary N) is 1. The number of anilines is 1. The van der Waals surface area contributed by atoms with Crippen molar-refractivity contribution < 1.29 is 0 Å². The van der Waals surface area contributed by atoms with Crippen LogP contribution in [-0.2, 0) is 0 Å². The van der Waals surface area contributed by atoms with Crippen molar-refractivity contribution in [1.82, 2.24) is 5.32 Å². The van der Waals surface area contributed by atoms with Gasteiger partial charge in [-0.05, 0) is 45.0 Å². The number of nitrogens with two attached hydrogens (primary N) is 1. The molecule has 3 heteroatoms. The van der Waals surface area contributed by atoms with Gasteiger partial charge in [-0.25, -0.2) is 0 Å². The van der Waals surface area contributed by atoms with Gasteiger partial charge in [0.1, 0.15) is 0 Å². The molecule has 0 heterocycles. The Bertz CT molecular complexity index is 287. The standard InChI is InChI=1S/C15H27N3/c1-2-18(15-9-5-3-6-10-15)14-13-17-12-8-4-7-11-16/h3,5-6,9-10,17H,2,4,7-8,11-14,16H2,1H3. The molecule has 102 valence electrons. The second-order valence-corrected chi connectivity index (χ2v) is 4.51. The second-order valence-electron chi connectivity index (χ2n) is 4.51. The topological polar surface area (TPSA) is 41.3 Å². The SMILES string of the molecule is CCN(CCNCCCCCN)c1ccccc1. The molecular formula is C15H27N3. The molecule has 0 unspecified atom stereocenters. The number of rotatable bonds is 10. The highest BCUT2D eigenvalue weighted by Gasteiger charge is 2.01. The normalized spacial score (nSPS) is 10.6. The summed E-state index contributed by atoms with van der Waals surface area (Å²) in [5.41, 5.74) is 6.77. The van der Waals surface area contributed by atoms with Crippen molar-refractivity contribution in [2.24, 2.45) is 5.73 Å². The number of hydrogen-bond acceptors (Lipinski definition) is 3. The van der Waals surface area contributed by atoms with Gasteiger partial charge in [-0.3, -0.25) is 0 Å². The number of hydrogen-bond donors (Lipinski definition) is 2. The van der Waals surface area contributed by atoms with Crippen LogP contribution in [0.2, 0.25) is 0 Å². The predicted molar refractivity (Wildman–Crippen MR) is 80.1 cm³/mol. The zero-order chi connectivity index (χ0) is 13.1. The maximum absolute atomic E-state index is 5.46. The summed E-state index contributed by atoms with van der Waals surface area (Å²) in [7, 11) is 0. The first-order valence-electron chi connectivity index (χ1n) is 7.09. The van der Waals surface area contributed by atoms with Crippen LogP contribution in [0.4, 0.5) is 5.69 Å². The highest BCUT2D eigenvalue weighted by atomic mass is 15.1. The van der Waals surface area contributed by atoms with Crippen LogP contribution in [0.15, 0.2) is 30.3 Å². The fraction of sp³-hybridized carbons (Fsp3) is 0.600. The first-order chi connectivity index (χ1) is 8.88. The molecule has 0 radical (unpaired) electrons. The Labute approximate surface area is 111 Å². The summed E-state index contributed by atoms with van der Waals surface area (Å²) in [5.74, 6) is 0.